The molecule has 1 amide bonds. The second kappa shape index (κ2) is 9.97. The maximum atomic E-state index is 12.3. The van der Waals surface area contributed by atoms with Gasteiger partial charge in [0.2, 0.25) is 5.91 Å². The van der Waals surface area contributed by atoms with Crippen LogP contribution in [0, 0.1) is 5.92 Å². The van der Waals surface area contributed by atoms with Crippen molar-refractivity contribution in [3.8, 4) is 0 Å². The molecule has 1 N–H and O–H groups in total. The van der Waals surface area contributed by atoms with Crippen LogP contribution in [0.4, 0.5) is 0 Å². The van der Waals surface area contributed by atoms with Gasteiger partial charge >= 0.3 is 0 Å². The molecule has 1 fully saturated rings. The van der Waals surface area contributed by atoms with Gasteiger partial charge < -0.3 is 10.1 Å². The summed E-state index contributed by atoms with van der Waals surface area (Å²) in [5, 5.41) is 6.04. The first-order chi connectivity index (χ1) is 13.1. The third kappa shape index (κ3) is 6.72. The fraction of sp³-hybridized carbons (Fsp3) is 0.524. The van der Waals surface area contributed by atoms with Crippen molar-refractivity contribution >= 4 is 17.2 Å². The Morgan fingerprint density at radius 2 is 2.19 bits per heavy atom. The molecule has 0 aliphatic carbocycles. The summed E-state index contributed by atoms with van der Waals surface area (Å²) in [6, 6.07) is 10.3. The number of hydrogen-bond acceptors (Lipinski definition) is 5. The van der Waals surface area contributed by atoms with Crippen molar-refractivity contribution in [2.45, 2.75) is 32.8 Å². The molecule has 1 aliphatic heterocycles. The zero-order valence-electron chi connectivity index (χ0n) is 16.2. The summed E-state index contributed by atoms with van der Waals surface area (Å²) in [5.74, 6) is 0.657. The third-order valence-corrected chi connectivity index (χ3v) is 5.41. The van der Waals surface area contributed by atoms with Crippen LogP contribution < -0.4 is 5.32 Å². The minimum Gasteiger partial charge on any atom is -0.374 e. The molecular weight excluding hydrogens is 358 g/mol. The van der Waals surface area contributed by atoms with E-state index in [0.717, 1.165) is 43.4 Å². The summed E-state index contributed by atoms with van der Waals surface area (Å²) in [5.41, 5.74) is 2.08. The van der Waals surface area contributed by atoms with Gasteiger partial charge in [0.05, 0.1) is 29.8 Å². The number of carbonyl (C=O) groups excluding carboxylic acids is 1. The Labute approximate surface area is 165 Å². The van der Waals surface area contributed by atoms with Gasteiger partial charge in [-0.2, -0.15) is 0 Å². The van der Waals surface area contributed by atoms with Crippen molar-refractivity contribution in [1.82, 2.24) is 15.2 Å². The second-order valence-electron chi connectivity index (χ2n) is 7.52. The van der Waals surface area contributed by atoms with E-state index in [4.69, 9.17) is 4.74 Å². The number of benzene rings is 1. The second-order valence-corrected chi connectivity index (χ2v) is 8.46. The van der Waals surface area contributed by atoms with Gasteiger partial charge in [-0.25, -0.2) is 4.98 Å². The van der Waals surface area contributed by atoms with Crippen molar-refractivity contribution in [3.63, 3.8) is 0 Å². The highest BCUT2D eigenvalue weighted by molar-refractivity contribution is 7.09. The molecule has 1 aromatic carbocycles. The molecule has 1 aliphatic rings. The molecule has 0 radical (unpaired) electrons. The Hall–Kier alpha value is -1.76. The summed E-state index contributed by atoms with van der Waals surface area (Å²) in [7, 11) is 0. The molecule has 3 rings (SSSR count). The van der Waals surface area contributed by atoms with E-state index in [-0.39, 0.29) is 12.0 Å². The minimum absolute atomic E-state index is 0.0103. The van der Waals surface area contributed by atoms with Crippen molar-refractivity contribution in [2.75, 3.05) is 32.8 Å². The number of amides is 1. The Balaban J connectivity index is 1.42. The molecule has 1 aromatic heterocycles. The lowest BCUT2D eigenvalue weighted by Crippen LogP contribution is -2.48. The predicted octanol–water partition coefficient (Wildman–Crippen LogP) is 2.75. The molecule has 2 aromatic rings. The monoisotopic (exact) mass is 387 g/mol. The zero-order valence-corrected chi connectivity index (χ0v) is 17.0. The van der Waals surface area contributed by atoms with E-state index in [9.17, 15) is 4.79 Å². The van der Waals surface area contributed by atoms with Crippen LogP contribution in [0.25, 0.3) is 0 Å². The fourth-order valence-electron chi connectivity index (χ4n) is 3.32. The number of thiazole rings is 1. The lowest BCUT2D eigenvalue weighted by molar-refractivity contribution is -0.121. The van der Waals surface area contributed by atoms with E-state index in [2.05, 4.69) is 41.2 Å². The van der Waals surface area contributed by atoms with Crippen LogP contribution in [0.15, 0.2) is 35.7 Å². The lowest BCUT2D eigenvalue weighted by Gasteiger charge is -2.33. The van der Waals surface area contributed by atoms with Gasteiger partial charge in [0, 0.05) is 38.0 Å². The van der Waals surface area contributed by atoms with E-state index < -0.39 is 0 Å². The predicted molar refractivity (Wildman–Crippen MR) is 109 cm³/mol. The Morgan fingerprint density at radius 1 is 1.37 bits per heavy atom. The molecule has 6 heteroatoms. The minimum atomic E-state index is 0.0103. The zero-order chi connectivity index (χ0) is 19.1. The molecule has 0 spiro atoms. The van der Waals surface area contributed by atoms with Gasteiger partial charge in [-0.1, -0.05) is 44.2 Å². The van der Waals surface area contributed by atoms with Crippen LogP contribution in [0.1, 0.15) is 30.1 Å². The molecular formula is C21H29N3O2S. The third-order valence-electron chi connectivity index (χ3n) is 4.51. The standard InChI is InChI=1S/C21H29N3O2S/c1-16(2)13-24-8-9-26-19(14-24)12-22-20(25)11-18-15-27-21(23-18)10-17-6-4-3-5-7-17/h3-7,15-16,19H,8-14H2,1-2H3,(H,22,25). The largest absolute Gasteiger partial charge is 0.374 e. The van der Waals surface area contributed by atoms with E-state index in [0.29, 0.717) is 18.9 Å². The SMILES string of the molecule is CC(C)CN1CCOC(CNC(=O)Cc2csc(Cc3ccccc3)n2)C1. The van der Waals surface area contributed by atoms with E-state index >= 15 is 0 Å². The van der Waals surface area contributed by atoms with E-state index in [1.54, 1.807) is 11.3 Å². The Kier molecular flexibility index (Phi) is 7.38. The topological polar surface area (TPSA) is 54.5 Å². The average Bonchev–Trinajstić information content (AvgIpc) is 3.07. The maximum absolute atomic E-state index is 12.3. The summed E-state index contributed by atoms with van der Waals surface area (Å²) >= 11 is 1.62. The highest BCUT2D eigenvalue weighted by Crippen LogP contribution is 2.15. The van der Waals surface area contributed by atoms with Crippen LogP contribution in [0.2, 0.25) is 0 Å². The number of rotatable bonds is 8. The summed E-state index contributed by atoms with van der Waals surface area (Å²) in [6.07, 6.45) is 1.22. The van der Waals surface area contributed by atoms with Crippen molar-refractivity contribution in [1.29, 1.82) is 0 Å². The molecule has 2 heterocycles. The lowest BCUT2D eigenvalue weighted by atomic mass is 10.1. The summed E-state index contributed by atoms with van der Waals surface area (Å²) in [4.78, 5) is 19.3. The van der Waals surface area contributed by atoms with Crippen molar-refractivity contribution < 1.29 is 9.53 Å². The number of nitrogens with one attached hydrogen (secondary N) is 1. The molecule has 0 bridgehead atoms. The normalized spacial score (nSPS) is 18.0. The fourth-order valence-corrected chi connectivity index (χ4v) is 4.15. The van der Waals surface area contributed by atoms with Gasteiger partial charge in [0.15, 0.2) is 0 Å². The number of morpholine rings is 1. The quantitative estimate of drug-likeness (QED) is 0.757. The van der Waals surface area contributed by atoms with Gasteiger partial charge in [-0.05, 0) is 11.5 Å². The molecule has 27 heavy (non-hydrogen) atoms. The van der Waals surface area contributed by atoms with Crippen LogP contribution in [0.5, 0.6) is 0 Å². The Bertz CT molecular complexity index is 717. The summed E-state index contributed by atoms with van der Waals surface area (Å²) < 4.78 is 5.79. The van der Waals surface area contributed by atoms with Gasteiger partial charge in [-0.3, -0.25) is 9.69 Å². The van der Waals surface area contributed by atoms with Gasteiger partial charge in [0.25, 0.3) is 0 Å². The summed E-state index contributed by atoms with van der Waals surface area (Å²) in [6.45, 7) is 8.70. The van der Waals surface area contributed by atoms with E-state index in [1.807, 2.05) is 23.6 Å². The first-order valence-electron chi connectivity index (χ1n) is 9.66. The Morgan fingerprint density at radius 3 is 2.96 bits per heavy atom. The molecule has 1 atom stereocenters. The average molecular weight is 388 g/mol. The number of carbonyl (C=O) groups is 1. The first-order valence-corrected chi connectivity index (χ1v) is 10.5. The first kappa shape index (κ1) is 20.0. The molecule has 1 unspecified atom stereocenters. The van der Waals surface area contributed by atoms with Crippen LogP contribution in [-0.4, -0.2) is 54.7 Å². The van der Waals surface area contributed by atoms with Crippen LogP contribution >= 0.6 is 11.3 Å². The highest BCUT2D eigenvalue weighted by Gasteiger charge is 2.21. The van der Waals surface area contributed by atoms with Gasteiger partial charge in [-0.15, -0.1) is 11.3 Å². The smallest absolute Gasteiger partial charge is 0.226 e. The maximum Gasteiger partial charge on any atom is 0.226 e. The highest BCUT2D eigenvalue weighted by atomic mass is 32.1. The van der Waals surface area contributed by atoms with E-state index in [1.165, 1.54) is 5.56 Å². The van der Waals surface area contributed by atoms with Gasteiger partial charge in [0.1, 0.15) is 0 Å². The number of ether oxygens (including phenoxy) is 1. The number of hydrogen-bond donors (Lipinski definition) is 1. The molecule has 5 nitrogen and oxygen atoms in total. The van der Waals surface area contributed by atoms with Crippen molar-refractivity contribution in [2.24, 2.45) is 5.92 Å². The number of nitrogens with zero attached hydrogens (tertiary/aromatic N) is 2. The number of aromatic nitrogens is 1. The molecule has 1 saturated heterocycles. The molecule has 0 saturated carbocycles. The van der Waals surface area contributed by atoms with Crippen molar-refractivity contribution in [3.05, 3.63) is 52.0 Å². The van der Waals surface area contributed by atoms with Crippen LogP contribution in [0.3, 0.4) is 0 Å². The van der Waals surface area contributed by atoms with Crippen LogP contribution in [-0.2, 0) is 22.4 Å². The molecule has 146 valence electrons.